The van der Waals surface area contributed by atoms with Crippen LogP contribution in [0.5, 0.6) is 0 Å². The summed E-state index contributed by atoms with van der Waals surface area (Å²) in [5.41, 5.74) is 7.89. The van der Waals surface area contributed by atoms with Crippen LogP contribution in [0.25, 0.3) is 0 Å². The molecule has 3 N–H and O–H groups in total. The van der Waals surface area contributed by atoms with Gasteiger partial charge in [-0.25, -0.2) is 0 Å². The van der Waals surface area contributed by atoms with Gasteiger partial charge in [0.25, 0.3) is 0 Å². The van der Waals surface area contributed by atoms with Crippen molar-refractivity contribution in [1.82, 2.24) is 0 Å². The highest BCUT2D eigenvalue weighted by Crippen LogP contribution is 2.19. The first kappa shape index (κ1) is 15.7. The first-order valence-corrected chi connectivity index (χ1v) is 8.37. The van der Waals surface area contributed by atoms with E-state index >= 15 is 0 Å². The molecule has 0 heterocycles. The Bertz CT molecular complexity index is 687. The summed E-state index contributed by atoms with van der Waals surface area (Å²) in [6, 6.07) is 12.4. The molecule has 0 fully saturated rings. The van der Waals surface area contributed by atoms with Crippen LogP contribution in [0.3, 0.4) is 0 Å². The number of carbonyl (C=O) groups is 1. The molecule has 2 aromatic carbocycles. The van der Waals surface area contributed by atoms with Gasteiger partial charge in [-0.2, -0.15) is 0 Å². The Balaban J connectivity index is 2.01. The van der Waals surface area contributed by atoms with Crippen molar-refractivity contribution in [2.75, 3.05) is 16.8 Å². The van der Waals surface area contributed by atoms with Gasteiger partial charge in [0.2, 0.25) is 5.91 Å². The topological polar surface area (TPSA) is 72.2 Å². The van der Waals surface area contributed by atoms with Gasteiger partial charge in [0, 0.05) is 9.37 Å². The first-order valence-electron chi connectivity index (χ1n) is 6.25. The van der Waals surface area contributed by atoms with Crippen molar-refractivity contribution in [2.45, 2.75) is 11.8 Å². The van der Waals surface area contributed by atoms with Crippen LogP contribution in [-0.4, -0.2) is 15.9 Å². The third kappa shape index (κ3) is 4.41. The van der Waals surface area contributed by atoms with Gasteiger partial charge in [-0.05, 0) is 48.9 Å². The van der Waals surface area contributed by atoms with E-state index in [0.717, 1.165) is 10.0 Å². The fraction of sp³-hybridized carbons (Fsp3) is 0.133. The largest absolute Gasteiger partial charge is 0.397 e. The Morgan fingerprint density at radius 3 is 2.52 bits per heavy atom. The summed E-state index contributed by atoms with van der Waals surface area (Å²) in [7, 11) is -1.38. The van der Waals surface area contributed by atoms with E-state index in [1.165, 1.54) is 0 Å². The molecule has 21 heavy (non-hydrogen) atoms. The summed E-state index contributed by atoms with van der Waals surface area (Å²) in [6.45, 7) is 1.92. The number of nitrogens with one attached hydrogen (secondary N) is 1. The third-order valence-electron chi connectivity index (χ3n) is 2.82. The fourth-order valence-corrected chi connectivity index (χ4v) is 2.95. The lowest BCUT2D eigenvalue weighted by molar-refractivity contribution is -0.113. The predicted molar refractivity (Wildman–Crippen MR) is 89.6 cm³/mol. The Morgan fingerprint density at radius 1 is 1.24 bits per heavy atom. The molecule has 2 aromatic rings. The molecule has 0 saturated carbocycles. The van der Waals surface area contributed by atoms with Crippen LogP contribution in [0, 0.1) is 6.92 Å². The van der Waals surface area contributed by atoms with Crippen LogP contribution in [0.4, 0.5) is 11.4 Å². The second-order valence-electron chi connectivity index (χ2n) is 4.58. The summed E-state index contributed by atoms with van der Waals surface area (Å²) < 4.78 is 13.0. The van der Waals surface area contributed by atoms with E-state index in [1.54, 1.807) is 36.4 Å². The van der Waals surface area contributed by atoms with Gasteiger partial charge < -0.3 is 11.1 Å². The summed E-state index contributed by atoms with van der Waals surface area (Å²) in [4.78, 5) is 12.5. The monoisotopic (exact) mass is 366 g/mol. The summed E-state index contributed by atoms with van der Waals surface area (Å²) >= 11 is 3.31. The number of amides is 1. The van der Waals surface area contributed by atoms with Crippen LogP contribution in [0.15, 0.2) is 51.8 Å². The molecule has 1 unspecified atom stereocenters. The van der Waals surface area contributed by atoms with E-state index in [2.05, 4.69) is 21.2 Å². The number of anilines is 2. The Morgan fingerprint density at radius 2 is 1.90 bits per heavy atom. The second kappa shape index (κ2) is 6.87. The number of nitrogen functional groups attached to an aromatic ring is 1. The lowest BCUT2D eigenvalue weighted by Crippen LogP contribution is -2.20. The highest BCUT2D eigenvalue weighted by molar-refractivity contribution is 9.10. The molecule has 0 aliphatic heterocycles. The maximum absolute atomic E-state index is 12.1. The molecule has 0 aliphatic rings. The predicted octanol–water partition coefficient (Wildman–Crippen LogP) is 3.09. The molecule has 0 radical (unpaired) electrons. The molecular formula is C15H15BrN2O2S. The minimum atomic E-state index is -1.38. The molecule has 4 nitrogen and oxygen atoms in total. The number of hydrogen-bond acceptors (Lipinski definition) is 3. The zero-order valence-electron chi connectivity index (χ0n) is 11.4. The lowest BCUT2D eigenvalue weighted by atomic mass is 10.2. The SMILES string of the molecule is Cc1ccc(NC(=O)CS(=O)c2ccc(Br)cc2)c(N)c1. The lowest BCUT2D eigenvalue weighted by Gasteiger charge is -2.09. The molecule has 110 valence electrons. The average molecular weight is 367 g/mol. The molecule has 6 heteroatoms. The molecule has 0 aliphatic carbocycles. The average Bonchev–Trinajstić information content (AvgIpc) is 2.42. The van der Waals surface area contributed by atoms with Crippen LogP contribution < -0.4 is 11.1 Å². The highest BCUT2D eigenvalue weighted by atomic mass is 79.9. The van der Waals surface area contributed by atoms with Crippen molar-refractivity contribution < 1.29 is 9.00 Å². The van der Waals surface area contributed by atoms with E-state index < -0.39 is 10.8 Å². The Hall–Kier alpha value is -1.66. The van der Waals surface area contributed by atoms with Crippen molar-refractivity contribution in [3.63, 3.8) is 0 Å². The number of nitrogens with two attached hydrogens (primary N) is 1. The maximum Gasteiger partial charge on any atom is 0.237 e. The van der Waals surface area contributed by atoms with Crippen molar-refractivity contribution >= 4 is 44.0 Å². The number of benzene rings is 2. The van der Waals surface area contributed by atoms with Crippen LogP contribution >= 0.6 is 15.9 Å². The number of rotatable bonds is 4. The summed E-state index contributed by atoms with van der Waals surface area (Å²) in [5, 5.41) is 2.68. The molecule has 2 rings (SSSR count). The van der Waals surface area contributed by atoms with Gasteiger partial charge in [-0.3, -0.25) is 9.00 Å². The Kier molecular flexibility index (Phi) is 5.14. The van der Waals surface area contributed by atoms with E-state index in [4.69, 9.17) is 5.73 Å². The molecule has 1 atom stereocenters. The smallest absolute Gasteiger partial charge is 0.237 e. The van der Waals surface area contributed by atoms with E-state index in [9.17, 15) is 9.00 Å². The van der Waals surface area contributed by atoms with Crippen molar-refractivity contribution in [3.8, 4) is 0 Å². The number of aryl methyl sites for hydroxylation is 1. The highest BCUT2D eigenvalue weighted by Gasteiger charge is 2.11. The summed E-state index contributed by atoms with van der Waals surface area (Å²) in [6.07, 6.45) is 0. The number of halogens is 1. The van der Waals surface area contributed by atoms with E-state index in [0.29, 0.717) is 16.3 Å². The molecule has 0 bridgehead atoms. The zero-order chi connectivity index (χ0) is 15.4. The van der Waals surface area contributed by atoms with Gasteiger partial charge >= 0.3 is 0 Å². The summed E-state index contributed by atoms with van der Waals surface area (Å²) in [5.74, 6) is -0.429. The number of hydrogen-bond donors (Lipinski definition) is 2. The van der Waals surface area contributed by atoms with Crippen LogP contribution in [-0.2, 0) is 15.6 Å². The molecule has 0 saturated heterocycles. The van der Waals surface area contributed by atoms with Gasteiger partial charge in [0.15, 0.2) is 0 Å². The van der Waals surface area contributed by atoms with Gasteiger partial charge in [0.05, 0.1) is 22.2 Å². The van der Waals surface area contributed by atoms with Gasteiger partial charge in [-0.15, -0.1) is 0 Å². The van der Waals surface area contributed by atoms with Gasteiger partial charge in [-0.1, -0.05) is 22.0 Å². The van der Waals surface area contributed by atoms with Crippen LogP contribution in [0.2, 0.25) is 0 Å². The molecular weight excluding hydrogens is 352 g/mol. The minimum absolute atomic E-state index is 0.102. The van der Waals surface area contributed by atoms with Crippen molar-refractivity contribution in [2.24, 2.45) is 0 Å². The van der Waals surface area contributed by atoms with Crippen molar-refractivity contribution in [3.05, 3.63) is 52.5 Å². The Labute approximate surface area is 134 Å². The van der Waals surface area contributed by atoms with E-state index in [-0.39, 0.29) is 11.7 Å². The van der Waals surface area contributed by atoms with Crippen molar-refractivity contribution in [1.29, 1.82) is 0 Å². The van der Waals surface area contributed by atoms with Gasteiger partial charge in [0.1, 0.15) is 5.75 Å². The van der Waals surface area contributed by atoms with E-state index in [1.807, 2.05) is 13.0 Å². The standard InChI is InChI=1S/C15H15BrN2O2S/c1-10-2-7-14(13(17)8-10)18-15(19)9-21(20)12-5-3-11(16)4-6-12/h2-8H,9,17H2,1H3,(H,18,19). The molecule has 1 amide bonds. The van der Waals surface area contributed by atoms with Crippen LogP contribution in [0.1, 0.15) is 5.56 Å². The first-order chi connectivity index (χ1) is 9.95. The quantitative estimate of drug-likeness (QED) is 0.816. The fourth-order valence-electron chi connectivity index (χ4n) is 1.77. The number of carbonyl (C=O) groups excluding carboxylic acids is 1. The molecule has 0 spiro atoms. The third-order valence-corrected chi connectivity index (χ3v) is 4.67. The normalized spacial score (nSPS) is 11.9. The molecule has 0 aromatic heterocycles. The minimum Gasteiger partial charge on any atom is -0.397 e. The maximum atomic E-state index is 12.1. The zero-order valence-corrected chi connectivity index (χ0v) is 13.8. The second-order valence-corrected chi connectivity index (χ2v) is 6.95.